The van der Waals surface area contributed by atoms with Crippen molar-refractivity contribution in [1.82, 2.24) is 0 Å². The van der Waals surface area contributed by atoms with Crippen LogP contribution in [0.1, 0.15) is 10.4 Å². The third-order valence-corrected chi connectivity index (χ3v) is 2.92. The first kappa shape index (κ1) is 11.9. The molecule has 2 aromatic rings. The van der Waals surface area contributed by atoms with E-state index in [9.17, 15) is 4.79 Å². The average Bonchev–Trinajstić information content (AvgIpc) is 2.39. The maximum Gasteiger partial charge on any atom is 0.335 e. The zero-order valence-electron chi connectivity index (χ0n) is 8.76. The summed E-state index contributed by atoms with van der Waals surface area (Å²) in [6.45, 7) is 0. The minimum Gasteiger partial charge on any atom is -0.478 e. The number of aromatic carboxylic acids is 1. The molecule has 3 nitrogen and oxygen atoms in total. The number of hydrogen-bond donors (Lipinski definition) is 1. The molecule has 0 saturated heterocycles. The molecular formula is C13H9IO3. The van der Waals surface area contributed by atoms with Crippen LogP contribution < -0.4 is 3.07 Å². The molecule has 0 aliphatic carbocycles. The van der Waals surface area contributed by atoms with Crippen molar-refractivity contribution in [2.75, 3.05) is 0 Å². The van der Waals surface area contributed by atoms with Crippen LogP contribution in [0.25, 0.3) is 11.1 Å². The van der Waals surface area contributed by atoms with E-state index in [2.05, 4.69) is 0 Å². The number of carboxylic acids is 1. The van der Waals surface area contributed by atoms with E-state index in [1.807, 2.05) is 47.3 Å². The Hall–Kier alpha value is -1.56. The van der Waals surface area contributed by atoms with E-state index in [1.54, 1.807) is 24.3 Å². The van der Waals surface area contributed by atoms with Crippen LogP contribution in [0.5, 0.6) is 5.75 Å². The van der Waals surface area contributed by atoms with Crippen LogP contribution in [0, 0.1) is 0 Å². The molecule has 0 radical (unpaired) electrons. The molecule has 2 rings (SSSR count). The Balaban J connectivity index is 2.29. The second-order valence-corrected chi connectivity index (χ2v) is 3.92. The molecule has 0 amide bonds. The lowest BCUT2D eigenvalue weighted by molar-refractivity contribution is 0.0697. The number of halogens is 1. The van der Waals surface area contributed by atoms with Crippen LogP contribution >= 0.6 is 23.0 Å². The average molecular weight is 340 g/mol. The largest absolute Gasteiger partial charge is 0.478 e. The maximum atomic E-state index is 10.7. The fourth-order valence-electron chi connectivity index (χ4n) is 1.50. The Kier molecular flexibility index (Phi) is 3.63. The highest BCUT2D eigenvalue weighted by Crippen LogP contribution is 2.23. The highest BCUT2D eigenvalue weighted by Gasteiger charge is 2.03. The quantitative estimate of drug-likeness (QED) is 0.865. The topological polar surface area (TPSA) is 46.5 Å². The minimum atomic E-state index is -0.912. The van der Waals surface area contributed by atoms with Crippen LogP contribution in [0.3, 0.4) is 0 Å². The fraction of sp³-hybridized carbons (Fsp3) is 0. The predicted octanol–water partition coefficient (Wildman–Crippen LogP) is 3.78. The number of hydrogen-bond acceptors (Lipinski definition) is 2. The second-order valence-electron chi connectivity index (χ2n) is 3.48. The van der Waals surface area contributed by atoms with Crippen molar-refractivity contribution in [2.45, 2.75) is 0 Å². The van der Waals surface area contributed by atoms with Gasteiger partial charge in [0.1, 0.15) is 5.75 Å². The molecule has 0 atom stereocenters. The summed E-state index contributed by atoms with van der Waals surface area (Å²) in [5, 5.41) is 8.80. The number of carboxylic acid groups (broad SMARTS) is 1. The molecule has 0 aliphatic rings. The molecule has 0 heterocycles. The van der Waals surface area contributed by atoms with Gasteiger partial charge in [-0.1, -0.05) is 24.3 Å². The molecule has 86 valence electrons. The molecule has 0 aliphatic heterocycles. The predicted molar refractivity (Wildman–Crippen MR) is 73.5 cm³/mol. The van der Waals surface area contributed by atoms with E-state index >= 15 is 0 Å². The monoisotopic (exact) mass is 340 g/mol. The van der Waals surface area contributed by atoms with Gasteiger partial charge in [-0.3, -0.25) is 0 Å². The molecule has 0 fully saturated rings. The molecular weight excluding hydrogens is 331 g/mol. The van der Waals surface area contributed by atoms with Crippen LogP contribution in [-0.2, 0) is 0 Å². The lowest BCUT2D eigenvalue weighted by Gasteiger charge is -2.03. The van der Waals surface area contributed by atoms with E-state index in [1.165, 1.54) is 0 Å². The van der Waals surface area contributed by atoms with Crippen LogP contribution in [0.4, 0.5) is 0 Å². The normalized spacial score (nSPS) is 9.94. The van der Waals surface area contributed by atoms with Crippen molar-refractivity contribution < 1.29 is 13.0 Å². The fourth-order valence-corrected chi connectivity index (χ4v) is 1.80. The van der Waals surface area contributed by atoms with Gasteiger partial charge in [0.25, 0.3) is 0 Å². The molecule has 0 bridgehead atoms. The SMILES string of the molecule is O=C(O)c1ccc(-c2ccc(OI)cc2)cc1. The van der Waals surface area contributed by atoms with Crippen LogP contribution in [0.2, 0.25) is 0 Å². The lowest BCUT2D eigenvalue weighted by Crippen LogP contribution is -1.94. The number of rotatable bonds is 3. The first-order valence-corrected chi connectivity index (χ1v) is 5.81. The van der Waals surface area contributed by atoms with Crippen LogP contribution in [-0.4, -0.2) is 11.1 Å². The zero-order valence-corrected chi connectivity index (χ0v) is 10.9. The standard InChI is InChI=1S/C13H9IO3/c14-17-12-7-5-10(6-8-12)9-1-3-11(4-2-9)13(15)16/h1-8H,(H,15,16). The molecule has 4 heteroatoms. The van der Waals surface area contributed by atoms with E-state index in [0.717, 1.165) is 16.9 Å². The van der Waals surface area contributed by atoms with Gasteiger partial charge in [0.05, 0.1) is 5.56 Å². The third-order valence-electron chi connectivity index (χ3n) is 2.41. The summed E-state index contributed by atoms with van der Waals surface area (Å²) in [4.78, 5) is 10.7. The molecule has 0 saturated carbocycles. The Bertz CT molecular complexity index is 517. The summed E-state index contributed by atoms with van der Waals surface area (Å²) in [5.74, 6) is -0.123. The zero-order chi connectivity index (χ0) is 12.3. The molecule has 0 spiro atoms. The van der Waals surface area contributed by atoms with E-state index in [-0.39, 0.29) is 0 Å². The first-order valence-electron chi connectivity index (χ1n) is 4.93. The summed E-state index contributed by atoms with van der Waals surface area (Å²) in [5.41, 5.74) is 2.30. The number of benzene rings is 2. The maximum absolute atomic E-state index is 10.7. The molecule has 0 aromatic heterocycles. The van der Waals surface area contributed by atoms with Crippen molar-refractivity contribution in [3.05, 3.63) is 54.1 Å². The summed E-state index contributed by atoms with van der Waals surface area (Å²) in [6.07, 6.45) is 0. The second kappa shape index (κ2) is 5.18. The van der Waals surface area contributed by atoms with Crippen molar-refractivity contribution in [1.29, 1.82) is 0 Å². The summed E-state index contributed by atoms with van der Waals surface area (Å²) < 4.78 is 5.05. The van der Waals surface area contributed by atoms with Gasteiger partial charge < -0.3 is 8.17 Å². The van der Waals surface area contributed by atoms with E-state index in [4.69, 9.17) is 8.17 Å². The highest BCUT2D eigenvalue weighted by molar-refractivity contribution is 14.1. The molecule has 1 N–H and O–H groups in total. The van der Waals surface area contributed by atoms with Gasteiger partial charge in [-0.2, -0.15) is 0 Å². The van der Waals surface area contributed by atoms with Gasteiger partial charge in [-0.25, -0.2) is 4.79 Å². The van der Waals surface area contributed by atoms with Crippen molar-refractivity contribution >= 4 is 29.0 Å². The van der Waals surface area contributed by atoms with Crippen molar-refractivity contribution in [2.24, 2.45) is 0 Å². The molecule has 17 heavy (non-hydrogen) atoms. The van der Waals surface area contributed by atoms with E-state index in [0.29, 0.717) is 5.56 Å². The Morgan fingerprint density at radius 3 is 1.82 bits per heavy atom. The third kappa shape index (κ3) is 2.76. The molecule has 0 unspecified atom stereocenters. The van der Waals surface area contributed by atoms with Gasteiger partial charge in [-0.05, 0) is 35.4 Å². The van der Waals surface area contributed by atoms with Gasteiger partial charge in [0, 0.05) is 0 Å². The highest BCUT2D eigenvalue weighted by atomic mass is 127. The van der Waals surface area contributed by atoms with Crippen molar-refractivity contribution in [3.63, 3.8) is 0 Å². The van der Waals surface area contributed by atoms with E-state index < -0.39 is 5.97 Å². The number of carbonyl (C=O) groups is 1. The molecule has 2 aromatic carbocycles. The summed E-state index contributed by atoms with van der Waals surface area (Å²) in [6, 6.07) is 14.4. The Morgan fingerprint density at radius 1 is 0.941 bits per heavy atom. The van der Waals surface area contributed by atoms with Crippen molar-refractivity contribution in [3.8, 4) is 16.9 Å². The Morgan fingerprint density at radius 2 is 1.41 bits per heavy atom. The summed E-state index contributed by atoms with van der Waals surface area (Å²) >= 11 is 1.83. The smallest absolute Gasteiger partial charge is 0.335 e. The van der Waals surface area contributed by atoms with Gasteiger partial charge in [0.15, 0.2) is 23.0 Å². The first-order chi connectivity index (χ1) is 8.20. The summed E-state index contributed by atoms with van der Waals surface area (Å²) in [7, 11) is 0. The van der Waals surface area contributed by atoms with Gasteiger partial charge >= 0.3 is 5.97 Å². The lowest BCUT2D eigenvalue weighted by atomic mass is 10.0. The van der Waals surface area contributed by atoms with Gasteiger partial charge in [0.2, 0.25) is 0 Å². The van der Waals surface area contributed by atoms with Gasteiger partial charge in [-0.15, -0.1) is 0 Å². The van der Waals surface area contributed by atoms with Crippen LogP contribution in [0.15, 0.2) is 48.5 Å². The Labute approximate surface area is 113 Å². The minimum absolute atomic E-state index is 0.293.